The minimum atomic E-state index is -0.481. The molecule has 31 heavy (non-hydrogen) atoms. The topological polar surface area (TPSA) is 72.2 Å². The van der Waals surface area contributed by atoms with Gasteiger partial charge in [0.25, 0.3) is 5.78 Å². The van der Waals surface area contributed by atoms with Crippen LogP contribution in [0.4, 0.5) is 5.69 Å². The summed E-state index contributed by atoms with van der Waals surface area (Å²) in [6.45, 7) is 9.71. The standard InChI is InChI=1S/C24H25N5OS/c1-15-16(2)25-23-27-20(17-11-7-6-8-12-17)28-29(23)21(15)31-19-14-10-9-13-18(19)26-22(30)24(3,4)5/h6-14H,1-5H3,(H,26,30). The maximum Gasteiger partial charge on any atom is 0.254 e. The lowest BCUT2D eigenvalue weighted by Gasteiger charge is -2.19. The van der Waals surface area contributed by atoms with Gasteiger partial charge in [-0.1, -0.05) is 75.0 Å². The Morgan fingerprint density at radius 2 is 1.65 bits per heavy atom. The molecule has 0 spiro atoms. The number of hydrogen-bond donors (Lipinski definition) is 1. The third kappa shape index (κ3) is 4.32. The first kappa shape index (κ1) is 21.1. The summed E-state index contributed by atoms with van der Waals surface area (Å²) in [6.07, 6.45) is 0. The Balaban J connectivity index is 1.78. The van der Waals surface area contributed by atoms with Crippen molar-refractivity contribution in [2.24, 2.45) is 5.41 Å². The zero-order chi connectivity index (χ0) is 22.2. The molecule has 2 heterocycles. The number of nitrogens with one attached hydrogen (secondary N) is 1. The number of aromatic nitrogens is 4. The lowest BCUT2D eigenvalue weighted by Crippen LogP contribution is -2.27. The molecule has 0 aliphatic carbocycles. The molecular weight excluding hydrogens is 406 g/mol. The normalized spacial score (nSPS) is 11.6. The highest BCUT2D eigenvalue weighted by Crippen LogP contribution is 2.36. The minimum absolute atomic E-state index is 0.0274. The predicted molar refractivity (Wildman–Crippen MR) is 124 cm³/mol. The molecule has 0 unspecified atom stereocenters. The highest BCUT2D eigenvalue weighted by Gasteiger charge is 2.23. The van der Waals surface area contributed by atoms with Gasteiger partial charge in [0, 0.05) is 27.1 Å². The third-order valence-corrected chi connectivity index (χ3v) is 6.22. The van der Waals surface area contributed by atoms with E-state index in [1.807, 2.05) is 89.2 Å². The van der Waals surface area contributed by atoms with E-state index in [-0.39, 0.29) is 5.91 Å². The molecule has 158 valence electrons. The van der Waals surface area contributed by atoms with Crippen molar-refractivity contribution in [1.29, 1.82) is 0 Å². The van der Waals surface area contributed by atoms with Crippen molar-refractivity contribution in [3.8, 4) is 11.4 Å². The van der Waals surface area contributed by atoms with Crippen LogP contribution in [0.5, 0.6) is 0 Å². The summed E-state index contributed by atoms with van der Waals surface area (Å²) in [6, 6.07) is 17.7. The summed E-state index contributed by atoms with van der Waals surface area (Å²) in [5, 5.41) is 8.73. The Labute approximate surface area is 186 Å². The van der Waals surface area contributed by atoms with Crippen molar-refractivity contribution in [3.63, 3.8) is 0 Å². The smallest absolute Gasteiger partial charge is 0.254 e. The number of para-hydroxylation sites is 1. The number of carbonyl (C=O) groups is 1. The fourth-order valence-corrected chi connectivity index (χ4v) is 4.06. The first-order valence-corrected chi connectivity index (χ1v) is 10.9. The zero-order valence-electron chi connectivity index (χ0n) is 18.3. The van der Waals surface area contributed by atoms with Gasteiger partial charge in [-0.05, 0) is 26.0 Å². The fraction of sp³-hybridized carbons (Fsp3) is 0.250. The number of nitrogens with zero attached hydrogens (tertiary/aromatic N) is 4. The predicted octanol–water partition coefficient (Wildman–Crippen LogP) is 5.54. The van der Waals surface area contributed by atoms with E-state index < -0.39 is 5.41 Å². The Morgan fingerprint density at radius 1 is 0.968 bits per heavy atom. The highest BCUT2D eigenvalue weighted by molar-refractivity contribution is 7.99. The average Bonchev–Trinajstić information content (AvgIpc) is 3.16. The van der Waals surface area contributed by atoms with Crippen molar-refractivity contribution < 1.29 is 4.79 Å². The lowest BCUT2D eigenvalue weighted by molar-refractivity contribution is -0.123. The molecule has 0 saturated carbocycles. The van der Waals surface area contributed by atoms with E-state index >= 15 is 0 Å². The van der Waals surface area contributed by atoms with Crippen LogP contribution in [-0.4, -0.2) is 25.5 Å². The molecular formula is C24H25N5OS. The SMILES string of the molecule is Cc1nc2nc(-c3ccccc3)nn2c(Sc2ccccc2NC(=O)C(C)(C)C)c1C. The number of carbonyl (C=O) groups excluding carboxylic acids is 1. The zero-order valence-corrected chi connectivity index (χ0v) is 19.1. The van der Waals surface area contributed by atoms with Crippen LogP contribution in [-0.2, 0) is 4.79 Å². The summed E-state index contributed by atoms with van der Waals surface area (Å²) in [5.74, 6) is 1.16. The molecule has 0 fully saturated rings. The number of aryl methyl sites for hydroxylation is 1. The molecule has 4 aromatic rings. The number of amides is 1. The van der Waals surface area contributed by atoms with E-state index in [4.69, 9.17) is 5.10 Å². The van der Waals surface area contributed by atoms with E-state index in [1.54, 1.807) is 16.3 Å². The first-order valence-electron chi connectivity index (χ1n) is 10.1. The molecule has 2 aromatic heterocycles. The van der Waals surface area contributed by atoms with Gasteiger partial charge in [-0.2, -0.15) is 9.50 Å². The van der Waals surface area contributed by atoms with Gasteiger partial charge in [0.05, 0.1) is 5.69 Å². The van der Waals surface area contributed by atoms with Crippen molar-refractivity contribution in [2.75, 3.05) is 5.32 Å². The quantitative estimate of drug-likeness (QED) is 0.429. The fourth-order valence-electron chi connectivity index (χ4n) is 2.96. The number of benzene rings is 2. The van der Waals surface area contributed by atoms with E-state index in [9.17, 15) is 4.79 Å². The second-order valence-corrected chi connectivity index (χ2v) is 9.47. The van der Waals surface area contributed by atoms with Crippen LogP contribution < -0.4 is 5.32 Å². The summed E-state index contributed by atoms with van der Waals surface area (Å²) >= 11 is 1.55. The number of rotatable bonds is 4. The molecule has 0 aliphatic rings. The van der Waals surface area contributed by atoms with Gasteiger partial charge in [-0.25, -0.2) is 4.98 Å². The van der Waals surface area contributed by atoms with Crippen molar-refractivity contribution in [1.82, 2.24) is 19.6 Å². The molecule has 0 bridgehead atoms. The Bertz CT molecular complexity index is 1260. The van der Waals surface area contributed by atoms with Crippen molar-refractivity contribution in [3.05, 3.63) is 65.9 Å². The highest BCUT2D eigenvalue weighted by atomic mass is 32.2. The van der Waals surface area contributed by atoms with Gasteiger partial charge in [-0.15, -0.1) is 5.10 Å². The molecule has 0 atom stereocenters. The van der Waals surface area contributed by atoms with Crippen LogP contribution >= 0.6 is 11.8 Å². The molecule has 4 rings (SSSR count). The lowest BCUT2D eigenvalue weighted by atomic mass is 9.95. The molecule has 0 aliphatic heterocycles. The number of fused-ring (bicyclic) bond motifs is 1. The molecule has 1 N–H and O–H groups in total. The summed E-state index contributed by atoms with van der Waals surface area (Å²) in [4.78, 5) is 22.8. The third-order valence-electron chi connectivity index (χ3n) is 4.97. The van der Waals surface area contributed by atoms with Gasteiger partial charge >= 0.3 is 0 Å². The molecule has 6 nitrogen and oxygen atoms in total. The van der Waals surface area contributed by atoms with Gasteiger partial charge in [-0.3, -0.25) is 4.79 Å². The molecule has 7 heteroatoms. The van der Waals surface area contributed by atoms with Gasteiger partial charge in [0.1, 0.15) is 5.03 Å². The first-order chi connectivity index (χ1) is 14.7. The average molecular weight is 432 g/mol. The second kappa shape index (κ2) is 8.15. The van der Waals surface area contributed by atoms with Crippen LogP contribution in [0.2, 0.25) is 0 Å². The van der Waals surface area contributed by atoms with Gasteiger partial charge in [0.2, 0.25) is 5.91 Å². The maximum atomic E-state index is 12.6. The number of hydrogen-bond acceptors (Lipinski definition) is 5. The van der Waals surface area contributed by atoms with E-state index in [0.29, 0.717) is 11.6 Å². The molecule has 0 saturated heterocycles. The van der Waals surface area contributed by atoms with E-state index in [0.717, 1.165) is 32.4 Å². The van der Waals surface area contributed by atoms with E-state index in [2.05, 4.69) is 15.3 Å². The second-order valence-electron chi connectivity index (χ2n) is 8.44. The molecule has 0 radical (unpaired) electrons. The van der Waals surface area contributed by atoms with E-state index in [1.165, 1.54) is 0 Å². The summed E-state index contributed by atoms with van der Waals surface area (Å²) < 4.78 is 1.79. The van der Waals surface area contributed by atoms with Crippen LogP contribution in [0, 0.1) is 19.3 Å². The van der Waals surface area contributed by atoms with Crippen molar-refractivity contribution >= 4 is 29.1 Å². The van der Waals surface area contributed by atoms with Crippen LogP contribution in [0.1, 0.15) is 32.0 Å². The monoisotopic (exact) mass is 431 g/mol. The van der Waals surface area contributed by atoms with Gasteiger partial charge < -0.3 is 5.32 Å². The Hall–Kier alpha value is -3.19. The Kier molecular flexibility index (Phi) is 5.54. The molecule has 2 aromatic carbocycles. The van der Waals surface area contributed by atoms with Gasteiger partial charge in [0.15, 0.2) is 5.82 Å². The summed E-state index contributed by atoms with van der Waals surface area (Å²) in [5.41, 5.74) is 3.16. The minimum Gasteiger partial charge on any atom is -0.325 e. The number of anilines is 1. The molecule has 1 amide bonds. The largest absolute Gasteiger partial charge is 0.325 e. The van der Waals surface area contributed by atoms with Crippen LogP contribution in [0.25, 0.3) is 17.2 Å². The maximum absolute atomic E-state index is 12.6. The Morgan fingerprint density at radius 3 is 2.35 bits per heavy atom. The van der Waals surface area contributed by atoms with Crippen LogP contribution in [0.15, 0.2) is 64.5 Å². The van der Waals surface area contributed by atoms with Crippen LogP contribution in [0.3, 0.4) is 0 Å². The summed E-state index contributed by atoms with van der Waals surface area (Å²) in [7, 11) is 0. The van der Waals surface area contributed by atoms with Crippen molar-refractivity contribution in [2.45, 2.75) is 44.5 Å².